The predicted octanol–water partition coefficient (Wildman–Crippen LogP) is 3.97. The number of carbonyl (C=O) groups is 1. The van der Waals surface area contributed by atoms with Gasteiger partial charge in [0.2, 0.25) is 12.5 Å². The molecular weight excluding hydrogens is 390 g/mol. The first-order chi connectivity index (χ1) is 15.0. The van der Waals surface area contributed by atoms with Crippen LogP contribution in [-0.4, -0.2) is 33.3 Å². The number of carbonyl (C=O) groups excluding carboxylic acids is 1. The van der Waals surface area contributed by atoms with Gasteiger partial charge in [-0.25, -0.2) is 0 Å². The number of allylic oxidation sites excluding steroid dienone is 4. The summed E-state index contributed by atoms with van der Waals surface area (Å²) in [7, 11) is 3.87. The Morgan fingerprint density at radius 1 is 1.29 bits per heavy atom. The van der Waals surface area contributed by atoms with Crippen LogP contribution in [0.1, 0.15) is 69.5 Å². The van der Waals surface area contributed by atoms with Gasteiger partial charge in [-0.1, -0.05) is 23.3 Å². The summed E-state index contributed by atoms with van der Waals surface area (Å²) in [5.74, 6) is 2.74. The third-order valence-electron chi connectivity index (χ3n) is 7.06. The van der Waals surface area contributed by atoms with Gasteiger partial charge >= 0.3 is 0 Å². The van der Waals surface area contributed by atoms with Gasteiger partial charge in [0, 0.05) is 12.3 Å². The highest BCUT2D eigenvalue weighted by atomic mass is 16.7. The Bertz CT molecular complexity index is 897. The molecule has 2 heterocycles. The predicted molar refractivity (Wildman–Crippen MR) is 121 cm³/mol. The van der Waals surface area contributed by atoms with E-state index in [0.717, 1.165) is 62.1 Å². The molecule has 168 valence electrons. The molecule has 0 spiro atoms. The van der Waals surface area contributed by atoms with Crippen LogP contribution in [0.2, 0.25) is 0 Å². The minimum Gasteiger partial charge on any atom is -0.492 e. The number of benzene rings is 1. The fraction of sp³-hybridized carbons (Fsp3) is 0.577. The summed E-state index contributed by atoms with van der Waals surface area (Å²) in [6, 6.07) is 2.19. The summed E-state index contributed by atoms with van der Waals surface area (Å²) in [5, 5.41) is 0. The lowest BCUT2D eigenvalue weighted by Gasteiger charge is -2.33. The molecule has 1 aromatic rings. The van der Waals surface area contributed by atoms with Gasteiger partial charge in [-0.05, 0) is 57.6 Å². The van der Waals surface area contributed by atoms with Gasteiger partial charge in [0.05, 0.1) is 32.7 Å². The van der Waals surface area contributed by atoms with Crippen molar-refractivity contribution in [2.75, 3.05) is 27.5 Å². The van der Waals surface area contributed by atoms with Crippen LogP contribution in [0.5, 0.6) is 17.2 Å². The molecular formula is C26H36NO4+. The summed E-state index contributed by atoms with van der Waals surface area (Å²) in [6.07, 6.45) is 11.3. The number of fused-ring (bicyclic) bond motifs is 2. The monoisotopic (exact) mass is 426 g/mol. The topological polar surface area (TPSA) is 49.2 Å². The first-order valence-corrected chi connectivity index (χ1v) is 11.6. The molecule has 0 radical (unpaired) electrons. The summed E-state index contributed by atoms with van der Waals surface area (Å²) in [4.78, 5) is 14.7. The number of methoxy groups -OCH3 is 1. The lowest BCUT2D eigenvalue weighted by atomic mass is 9.81. The van der Waals surface area contributed by atoms with Gasteiger partial charge in [0.1, 0.15) is 11.8 Å². The number of quaternary nitrogens is 1. The Balaban J connectivity index is 1.47. The van der Waals surface area contributed by atoms with Crippen molar-refractivity contribution < 1.29 is 23.9 Å². The molecule has 0 saturated carbocycles. The van der Waals surface area contributed by atoms with E-state index in [9.17, 15) is 4.79 Å². The first kappa shape index (κ1) is 21.9. The van der Waals surface area contributed by atoms with Crippen LogP contribution in [0.3, 0.4) is 0 Å². The molecule has 3 aliphatic rings. The molecule has 5 heteroatoms. The van der Waals surface area contributed by atoms with E-state index in [2.05, 4.69) is 39.1 Å². The van der Waals surface area contributed by atoms with E-state index in [-0.39, 0.29) is 18.8 Å². The van der Waals surface area contributed by atoms with E-state index in [0.29, 0.717) is 18.0 Å². The number of Topliss-reactive ketones (excluding diaryl/α,β-unsaturated/α-hetero) is 1. The van der Waals surface area contributed by atoms with Gasteiger partial charge in [0.25, 0.3) is 0 Å². The third-order valence-corrected chi connectivity index (χ3v) is 7.06. The Morgan fingerprint density at radius 3 is 2.84 bits per heavy atom. The number of hydrogen-bond donors (Lipinski definition) is 1. The minimum absolute atomic E-state index is 0.101. The Hall–Kier alpha value is -2.27. The molecule has 0 fully saturated rings. The second-order valence-electron chi connectivity index (χ2n) is 9.44. The fourth-order valence-electron chi connectivity index (χ4n) is 5.22. The highest BCUT2D eigenvalue weighted by molar-refractivity contribution is 5.82. The van der Waals surface area contributed by atoms with Crippen LogP contribution in [0.25, 0.3) is 0 Å². The number of nitrogens with one attached hydrogen (secondary N) is 1. The van der Waals surface area contributed by atoms with Crippen molar-refractivity contribution in [3.05, 3.63) is 40.5 Å². The maximum absolute atomic E-state index is 13.3. The summed E-state index contributed by atoms with van der Waals surface area (Å²) < 4.78 is 17.1. The largest absolute Gasteiger partial charge is 0.492 e. The molecule has 3 atom stereocenters. The SMILES string of the molecule is COc1c2c(cc3c1[C@H](CC(=O)[C@H]1CC=C(CCC=C(C)C)CC1)[NH+](C)CC3)OCO2. The van der Waals surface area contributed by atoms with Crippen molar-refractivity contribution in [2.45, 2.75) is 64.8 Å². The van der Waals surface area contributed by atoms with Gasteiger partial charge in [-0.15, -0.1) is 0 Å². The van der Waals surface area contributed by atoms with E-state index < -0.39 is 0 Å². The Labute approximate surface area is 186 Å². The molecule has 31 heavy (non-hydrogen) atoms. The van der Waals surface area contributed by atoms with Gasteiger partial charge in [0.15, 0.2) is 11.5 Å². The maximum Gasteiger partial charge on any atom is 0.231 e. The second kappa shape index (κ2) is 9.47. The number of ketones is 1. The lowest BCUT2D eigenvalue weighted by molar-refractivity contribution is -0.914. The van der Waals surface area contributed by atoms with Crippen LogP contribution in [0.4, 0.5) is 0 Å². The van der Waals surface area contributed by atoms with E-state index in [1.54, 1.807) is 7.11 Å². The molecule has 5 nitrogen and oxygen atoms in total. The summed E-state index contributed by atoms with van der Waals surface area (Å²) >= 11 is 0. The van der Waals surface area contributed by atoms with Crippen LogP contribution in [-0.2, 0) is 11.2 Å². The lowest BCUT2D eigenvalue weighted by Crippen LogP contribution is -3.10. The molecule has 1 aromatic carbocycles. The molecule has 2 aliphatic heterocycles. The maximum atomic E-state index is 13.3. The molecule has 1 N–H and O–H groups in total. The van der Waals surface area contributed by atoms with Gasteiger partial charge in [-0.3, -0.25) is 4.79 Å². The average molecular weight is 427 g/mol. The average Bonchev–Trinajstić information content (AvgIpc) is 3.22. The van der Waals surface area contributed by atoms with Crippen molar-refractivity contribution in [3.63, 3.8) is 0 Å². The zero-order chi connectivity index (χ0) is 22.0. The highest BCUT2D eigenvalue weighted by Gasteiger charge is 2.38. The molecule has 1 unspecified atom stereocenters. The molecule has 0 aromatic heterocycles. The quantitative estimate of drug-likeness (QED) is 0.671. The van der Waals surface area contributed by atoms with Crippen molar-refractivity contribution in [2.24, 2.45) is 5.92 Å². The fourth-order valence-corrected chi connectivity index (χ4v) is 5.22. The third kappa shape index (κ3) is 4.67. The van der Waals surface area contributed by atoms with E-state index in [4.69, 9.17) is 14.2 Å². The Kier molecular flexibility index (Phi) is 6.71. The van der Waals surface area contributed by atoms with Crippen LogP contribution >= 0.6 is 0 Å². The molecule has 0 amide bonds. The first-order valence-electron chi connectivity index (χ1n) is 11.6. The van der Waals surface area contributed by atoms with E-state index in [1.807, 2.05) is 0 Å². The second-order valence-corrected chi connectivity index (χ2v) is 9.44. The number of rotatable bonds is 7. The van der Waals surface area contributed by atoms with Crippen LogP contribution < -0.4 is 19.1 Å². The van der Waals surface area contributed by atoms with Gasteiger partial charge < -0.3 is 19.1 Å². The molecule has 0 saturated heterocycles. The van der Waals surface area contributed by atoms with Gasteiger partial charge in [-0.2, -0.15) is 0 Å². The standard InChI is InChI=1S/C26H35NO4/c1-17(2)6-5-7-18-8-10-19(11-9-18)22(28)15-21-24-20(12-13-27(21)3)14-23-25(26(24)29-4)31-16-30-23/h6,8,14,19,21H,5,7,9-13,15-16H2,1-4H3/p+1/t19-,21-/m0/s1. The Morgan fingerprint density at radius 2 is 2.13 bits per heavy atom. The minimum atomic E-state index is 0.101. The van der Waals surface area contributed by atoms with Crippen molar-refractivity contribution in [3.8, 4) is 17.2 Å². The van der Waals surface area contributed by atoms with Crippen molar-refractivity contribution in [1.29, 1.82) is 0 Å². The number of ether oxygens (including phenoxy) is 3. The van der Waals surface area contributed by atoms with E-state index in [1.165, 1.54) is 21.6 Å². The number of hydrogen-bond acceptors (Lipinski definition) is 4. The zero-order valence-electron chi connectivity index (χ0n) is 19.4. The van der Waals surface area contributed by atoms with Crippen molar-refractivity contribution in [1.82, 2.24) is 0 Å². The number of likely N-dealkylation sites (N-methyl/N-ethyl adjacent to an activating group) is 1. The normalized spacial score (nSPS) is 24.3. The van der Waals surface area contributed by atoms with E-state index >= 15 is 0 Å². The molecule has 1 aliphatic carbocycles. The summed E-state index contributed by atoms with van der Waals surface area (Å²) in [5.41, 5.74) is 5.26. The van der Waals surface area contributed by atoms with Crippen LogP contribution in [0, 0.1) is 5.92 Å². The molecule has 4 rings (SSSR count). The van der Waals surface area contributed by atoms with Crippen molar-refractivity contribution >= 4 is 5.78 Å². The summed E-state index contributed by atoms with van der Waals surface area (Å²) in [6.45, 7) is 5.53. The van der Waals surface area contributed by atoms with Crippen LogP contribution in [0.15, 0.2) is 29.4 Å². The smallest absolute Gasteiger partial charge is 0.231 e. The highest BCUT2D eigenvalue weighted by Crippen LogP contribution is 2.48. The zero-order valence-corrected chi connectivity index (χ0v) is 19.4. The molecule has 0 bridgehead atoms.